The highest BCUT2D eigenvalue weighted by atomic mass is 32.2. The van der Waals surface area contributed by atoms with Crippen molar-refractivity contribution in [2.45, 2.75) is 38.7 Å². The number of aryl methyl sites for hydroxylation is 1. The molecule has 36 heavy (non-hydrogen) atoms. The van der Waals surface area contributed by atoms with Crippen LogP contribution >= 0.6 is 11.8 Å². The summed E-state index contributed by atoms with van der Waals surface area (Å²) >= 11 is 1.47. The van der Waals surface area contributed by atoms with E-state index >= 15 is 0 Å². The Morgan fingerprint density at radius 2 is 1.83 bits per heavy atom. The van der Waals surface area contributed by atoms with E-state index in [1.54, 1.807) is 56.0 Å². The van der Waals surface area contributed by atoms with E-state index in [4.69, 9.17) is 14.2 Å². The highest BCUT2D eigenvalue weighted by molar-refractivity contribution is 8.00. The van der Waals surface area contributed by atoms with E-state index in [0.29, 0.717) is 17.0 Å². The number of ether oxygens (including phenoxy) is 3. The molecule has 8 nitrogen and oxygen atoms in total. The molecular weight excluding hydrogens is 487 g/mol. The largest absolute Gasteiger partial charge is 0.460 e. The standard InChI is InChI=1S/C26H31FN2O6S/c1-17-15-19(24(31)34-14-13-33-12-11-28-25(32)35-26(2,3)4)7-10-21(17)29-22(30)16-36-23(29)18-5-8-20(27)9-6-18/h5-10,15,23H,11-14,16H2,1-4H3,(H,28,32). The highest BCUT2D eigenvalue weighted by Gasteiger charge is 2.35. The molecule has 1 unspecified atom stereocenters. The number of carbonyl (C=O) groups is 3. The van der Waals surface area contributed by atoms with Gasteiger partial charge in [0.1, 0.15) is 23.4 Å². The Labute approximate surface area is 214 Å². The number of carbonyl (C=O) groups excluding carboxylic acids is 3. The summed E-state index contributed by atoms with van der Waals surface area (Å²) < 4.78 is 29.1. The predicted molar refractivity (Wildman–Crippen MR) is 136 cm³/mol. The van der Waals surface area contributed by atoms with Crippen LogP contribution in [0.3, 0.4) is 0 Å². The minimum atomic E-state index is -0.566. The summed E-state index contributed by atoms with van der Waals surface area (Å²) in [5.41, 5.74) is 2.06. The molecule has 0 aliphatic carbocycles. The average molecular weight is 519 g/mol. The van der Waals surface area contributed by atoms with E-state index in [1.165, 1.54) is 23.9 Å². The first-order valence-electron chi connectivity index (χ1n) is 11.6. The number of halogens is 1. The molecule has 0 aromatic heterocycles. The molecule has 1 atom stereocenters. The number of alkyl carbamates (subject to hydrolysis) is 1. The molecule has 3 rings (SSSR count). The lowest BCUT2D eigenvalue weighted by molar-refractivity contribution is -0.115. The number of nitrogens with one attached hydrogen (secondary N) is 1. The second-order valence-electron chi connectivity index (χ2n) is 9.16. The van der Waals surface area contributed by atoms with Gasteiger partial charge in [0.05, 0.1) is 24.5 Å². The lowest BCUT2D eigenvalue weighted by Gasteiger charge is -2.26. The summed E-state index contributed by atoms with van der Waals surface area (Å²) in [6, 6.07) is 11.1. The predicted octanol–water partition coefficient (Wildman–Crippen LogP) is 4.61. The van der Waals surface area contributed by atoms with Gasteiger partial charge in [0.2, 0.25) is 5.91 Å². The molecule has 2 aromatic rings. The Morgan fingerprint density at radius 3 is 2.50 bits per heavy atom. The first-order valence-corrected chi connectivity index (χ1v) is 12.6. The van der Waals surface area contributed by atoms with Crippen molar-refractivity contribution in [3.63, 3.8) is 0 Å². The van der Waals surface area contributed by atoms with Crippen molar-refractivity contribution in [2.75, 3.05) is 37.0 Å². The molecular formula is C26H31FN2O6S. The number of esters is 1. The summed E-state index contributed by atoms with van der Waals surface area (Å²) in [6.07, 6.45) is -0.519. The maximum Gasteiger partial charge on any atom is 0.407 e. The summed E-state index contributed by atoms with van der Waals surface area (Å²) in [5, 5.41) is 2.31. The summed E-state index contributed by atoms with van der Waals surface area (Å²) in [6.45, 7) is 7.92. The Kier molecular flexibility index (Phi) is 9.33. The van der Waals surface area contributed by atoms with Crippen molar-refractivity contribution in [3.8, 4) is 0 Å². The molecule has 1 aliphatic heterocycles. The number of rotatable bonds is 9. The molecule has 2 amide bonds. The highest BCUT2D eigenvalue weighted by Crippen LogP contribution is 2.42. The summed E-state index contributed by atoms with van der Waals surface area (Å²) in [7, 11) is 0. The maximum absolute atomic E-state index is 13.3. The lowest BCUT2D eigenvalue weighted by Crippen LogP contribution is -2.34. The SMILES string of the molecule is Cc1cc(C(=O)OCCOCCNC(=O)OC(C)(C)C)ccc1N1C(=O)CSC1c1ccc(F)cc1. The van der Waals surface area contributed by atoms with Crippen LogP contribution in [0.1, 0.15) is 47.6 Å². The van der Waals surface area contributed by atoms with Crippen molar-refractivity contribution >= 4 is 35.4 Å². The second-order valence-corrected chi connectivity index (χ2v) is 10.2. The van der Waals surface area contributed by atoms with Gasteiger partial charge < -0.3 is 19.5 Å². The molecule has 0 spiro atoms. The van der Waals surface area contributed by atoms with Crippen LogP contribution in [0.25, 0.3) is 0 Å². The first kappa shape index (κ1) is 27.5. The monoisotopic (exact) mass is 518 g/mol. The van der Waals surface area contributed by atoms with Crippen LogP contribution in [0.2, 0.25) is 0 Å². The molecule has 1 heterocycles. The van der Waals surface area contributed by atoms with Crippen molar-refractivity contribution in [2.24, 2.45) is 0 Å². The van der Waals surface area contributed by atoms with E-state index in [0.717, 1.165) is 11.1 Å². The Bertz CT molecular complexity index is 1090. The number of benzene rings is 2. The van der Waals surface area contributed by atoms with E-state index in [-0.39, 0.29) is 43.5 Å². The lowest BCUT2D eigenvalue weighted by atomic mass is 10.1. The summed E-state index contributed by atoms with van der Waals surface area (Å²) in [5.74, 6) is -0.566. The fourth-order valence-corrected chi connectivity index (χ4v) is 4.70. The minimum absolute atomic E-state index is 0.0499. The van der Waals surface area contributed by atoms with Crippen LogP contribution in [-0.2, 0) is 19.0 Å². The fourth-order valence-electron chi connectivity index (χ4n) is 3.53. The van der Waals surface area contributed by atoms with E-state index in [1.807, 2.05) is 6.92 Å². The van der Waals surface area contributed by atoms with Gasteiger partial charge in [0.25, 0.3) is 0 Å². The minimum Gasteiger partial charge on any atom is -0.460 e. The molecule has 10 heteroatoms. The number of hydrogen-bond donors (Lipinski definition) is 1. The van der Waals surface area contributed by atoms with Gasteiger partial charge in [-0.25, -0.2) is 14.0 Å². The molecule has 194 valence electrons. The average Bonchev–Trinajstić information content (AvgIpc) is 3.18. The third-order valence-electron chi connectivity index (χ3n) is 5.09. The van der Waals surface area contributed by atoms with Crippen LogP contribution in [-0.4, -0.2) is 55.7 Å². The van der Waals surface area contributed by atoms with Crippen LogP contribution in [0.5, 0.6) is 0 Å². The van der Waals surface area contributed by atoms with E-state index < -0.39 is 17.7 Å². The van der Waals surface area contributed by atoms with Crippen LogP contribution in [0.15, 0.2) is 42.5 Å². The van der Waals surface area contributed by atoms with Gasteiger partial charge in [-0.05, 0) is 69.2 Å². The van der Waals surface area contributed by atoms with Crippen LogP contribution in [0, 0.1) is 12.7 Å². The molecule has 0 radical (unpaired) electrons. The van der Waals surface area contributed by atoms with Crippen molar-refractivity contribution < 1.29 is 33.0 Å². The van der Waals surface area contributed by atoms with Crippen molar-refractivity contribution in [1.29, 1.82) is 0 Å². The third-order valence-corrected chi connectivity index (χ3v) is 6.30. The van der Waals surface area contributed by atoms with Crippen LogP contribution < -0.4 is 10.2 Å². The molecule has 1 fully saturated rings. The number of nitrogens with zero attached hydrogens (tertiary/aromatic N) is 1. The molecule has 1 saturated heterocycles. The zero-order valence-corrected chi connectivity index (χ0v) is 21.7. The van der Waals surface area contributed by atoms with Gasteiger partial charge >= 0.3 is 12.1 Å². The second kappa shape index (κ2) is 12.2. The van der Waals surface area contributed by atoms with Gasteiger partial charge in [-0.1, -0.05) is 12.1 Å². The maximum atomic E-state index is 13.3. The Balaban J connectivity index is 1.48. The molecule has 0 bridgehead atoms. The van der Waals surface area contributed by atoms with Gasteiger partial charge in [0, 0.05) is 12.2 Å². The number of hydrogen-bond acceptors (Lipinski definition) is 7. The molecule has 1 aliphatic rings. The Morgan fingerprint density at radius 1 is 1.11 bits per heavy atom. The summed E-state index contributed by atoms with van der Waals surface area (Å²) in [4.78, 5) is 38.3. The van der Waals surface area contributed by atoms with Gasteiger partial charge in [0.15, 0.2) is 0 Å². The molecule has 2 aromatic carbocycles. The zero-order valence-electron chi connectivity index (χ0n) is 20.8. The smallest absolute Gasteiger partial charge is 0.407 e. The third kappa shape index (κ3) is 7.69. The van der Waals surface area contributed by atoms with Gasteiger partial charge in [-0.15, -0.1) is 11.8 Å². The van der Waals surface area contributed by atoms with Crippen LogP contribution in [0.4, 0.5) is 14.9 Å². The number of thioether (sulfide) groups is 1. The van der Waals surface area contributed by atoms with Crippen molar-refractivity contribution in [3.05, 3.63) is 65.0 Å². The normalized spacial score (nSPS) is 15.6. The van der Waals surface area contributed by atoms with E-state index in [2.05, 4.69) is 5.32 Å². The zero-order chi connectivity index (χ0) is 26.3. The fraction of sp³-hybridized carbons (Fsp3) is 0.423. The topological polar surface area (TPSA) is 94.2 Å². The quantitative estimate of drug-likeness (QED) is 0.383. The molecule has 0 saturated carbocycles. The molecule has 1 N–H and O–H groups in total. The first-order chi connectivity index (χ1) is 17.0. The van der Waals surface area contributed by atoms with Gasteiger partial charge in [-0.2, -0.15) is 0 Å². The number of amides is 2. The van der Waals surface area contributed by atoms with Gasteiger partial charge in [-0.3, -0.25) is 9.69 Å². The van der Waals surface area contributed by atoms with Crippen molar-refractivity contribution in [1.82, 2.24) is 5.32 Å². The Hall–Kier alpha value is -3.11. The number of anilines is 1. The van der Waals surface area contributed by atoms with E-state index in [9.17, 15) is 18.8 Å².